The third-order valence-electron chi connectivity index (χ3n) is 4.79. The highest BCUT2D eigenvalue weighted by atomic mass is 19.1. The average Bonchev–Trinajstić information content (AvgIpc) is 2.68. The quantitative estimate of drug-likeness (QED) is 0.633. The van der Waals surface area contributed by atoms with E-state index in [0.29, 0.717) is 31.5 Å². The fourth-order valence-corrected chi connectivity index (χ4v) is 3.32. The molecule has 1 fully saturated rings. The van der Waals surface area contributed by atoms with Crippen LogP contribution < -0.4 is 5.32 Å². The van der Waals surface area contributed by atoms with Gasteiger partial charge in [-0.2, -0.15) is 0 Å². The molecule has 0 spiro atoms. The number of halogens is 1. The minimum atomic E-state index is -0.549. The molecule has 0 unspecified atom stereocenters. The number of amides is 2. The van der Waals surface area contributed by atoms with Crippen molar-refractivity contribution in [2.75, 3.05) is 13.1 Å². The van der Waals surface area contributed by atoms with E-state index in [1.54, 1.807) is 29.2 Å². The Kier molecular flexibility index (Phi) is 5.98. The molecule has 1 heterocycles. The van der Waals surface area contributed by atoms with Crippen molar-refractivity contribution >= 4 is 17.5 Å². The van der Waals surface area contributed by atoms with Crippen molar-refractivity contribution < 1.29 is 18.9 Å². The van der Waals surface area contributed by atoms with Crippen LogP contribution in [0.15, 0.2) is 48.5 Å². The van der Waals surface area contributed by atoms with Crippen LogP contribution in [0.2, 0.25) is 0 Å². The van der Waals surface area contributed by atoms with Crippen molar-refractivity contribution in [1.29, 1.82) is 0 Å². The van der Waals surface area contributed by atoms with Crippen LogP contribution in [-0.2, 0) is 11.2 Å². The number of carbonyl (C=O) groups excluding carboxylic acids is 2. The Labute approximate surface area is 161 Å². The third-order valence-corrected chi connectivity index (χ3v) is 4.79. The van der Waals surface area contributed by atoms with Gasteiger partial charge in [0.05, 0.1) is 16.9 Å². The van der Waals surface area contributed by atoms with Gasteiger partial charge in [-0.15, -0.1) is 0 Å². The van der Waals surface area contributed by atoms with E-state index in [2.05, 4.69) is 5.32 Å². The molecule has 2 amide bonds. The normalized spacial score (nSPS) is 14.5. The Hall–Kier alpha value is -3.29. The van der Waals surface area contributed by atoms with Gasteiger partial charge in [0, 0.05) is 30.8 Å². The lowest BCUT2D eigenvalue weighted by Gasteiger charge is -2.32. The minimum Gasteiger partial charge on any atom is -0.353 e. The number of nitro groups is 1. The second-order valence-corrected chi connectivity index (χ2v) is 6.68. The molecule has 146 valence electrons. The zero-order valence-corrected chi connectivity index (χ0v) is 15.1. The maximum atomic E-state index is 13.8. The first kappa shape index (κ1) is 19.5. The predicted molar refractivity (Wildman–Crippen MR) is 100 cm³/mol. The largest absolute Gasteiger partial charge is 0.353 e. The van der Waals surface area contributed by atoms with E-state index in [4.69, 9.17) is 0 Å². The molecule has 1 saturated heterocycles. The minimum absolute atomic E-state index is 0.0429. The number of rotatable bonds is 5. The molecule has 0 aliphatic carbocycles. The van der Waals surface area contributed by atoms with Gasteiger partial charge in [0.15, 0.2) is 0 Å². The first-order valence-electron chi connectivity index (χ1n) is 9.01. The maximum absolute atomic E-state index is 13.8. The van der Waals surface area contributed by atoms with Gasteiger partial charge in [0.2, 0.25) is 5.91 Å². The Morgan fingerprint density at radius 2 is 1.75 bits per heavy atom. The Morgan fingerprint density at radius 1 is 1.11 bits per heavy atom. The summed E-state index contributed by atoms with van der Waals surface area (Å²) in [5.74, 6) is -1.21. The molecule has 0 bridgehead atoms. The van der Waals surface area contributed by atoms with Gasteiger partial charge < -0.3 is 10.2 Å². The fraction of sp³-hybridized carbons (Fsp3) is 0.300. The summed E-state index contributed by atoms with van der Waals surface area (Å²) in [6.07, 6.45) is 1.01. The van der Waals surface area contributed by atoms with Crippen LogP contribution in [0.5, 0.6) is 0 Å². The summed E-state index contributed by atoms with van der Waals surface area (Å²) in [7, 11) is 0. The SMILES string of the molecule is O=C(Cc1ccccc1[N+](=O)[O-])NC1CCN(C(=O)c2ccccc2F)CC1. The lowest BCUT2D eigenvalue weighted by Crippen LogP contribution is -2.47. The molecule has 1 aliphatic heterocycles. The summed E-state index contributed by atoms with van der Waals surface area (Å²) >= 11 is 0. The molecule has 0 radical (unpaired) electrons. The van der Waals surface area contributed by atoms with E-state index in [1.807, 2.05) is 0 Å². The number of benzene rings is 2. The number of piperidine rings is 1. The molecule has 7 nitrogen and oxygen atoms in total. The van der Waals surface area contributed by atoms with E-state index < -0.39 is 10.7 Å². The van der Waals surface area contributed by atoms with E-state index >= 15 is 0 Å². The molecule has 0 atom stereocenters. The molecular formula is C20H20FN3O4. The van der Waals surface area contributed by atoms with Crippen LogP contribution >= 0.6 is 0 Å². The van der Waals surface area contributed by atoms with Crippen LogP contribution in [0.1, 0.15) is 28.8 Å². The van der Waals surface area contributed by atoms with Gasteiger partial charge in [-0.1, -0.05) is 30.3 Å². The fourth-order valence-electron chi connectivity index (χ4n) is 3.32. The van der Waals surface area contributed by atoms with Crippen LogP contribution in [-0.4, -0.2) is 40.8 Å². The summed E-state index contributed by atoms with van der Waals surface area (Å²) in [5, 5.41) is 13.9. The summed E-state index contributed by atoms with van der Waals surface area (Å²) < 4.78 is 13.8. The maximum Gasteiger partial charge on any atom is 0.273 e. The summed E-state index contributed by atoms with van der Waals surface area (Å²) in [5.41, 5.74) is 0.321. The number of nitrogens with one attached hydrogen (secondary N) is 1. The molecular weight excluding hydrogens is 365 g/mol. The van der Waals surface area contributed by atoms with Gasteiger partial charge in [0.25, 0.3) is 11.6 Å². The van der Waals surface area contributed by atoms with E-state index in [-0.39, 0.29) is 35.5 Å². The van der Waals surface area contributed by atoms with Gasteiger partial charge >= 0.3 is 0 Å². The molecule has 1 N–H and O–H groups in total. The van der Waals surface area contributed by atoms with Crippen LogP contribution in [0, 0.1) is 15.9 Å². The van der Waals surface area contributed by atoms with Crippen LogP contribution in [0.4, 0.5) is 10.1 Å². The Balaban J connectivity index is 1.53. The molecule has 1 aliphatic rings. The number of hydrogen-bond acceptors (Lipinski definition) is 4. The first-order valence-corrected chi connectivity index (χ1v) is 9.01. The lowest BCUT2D eigenvalue weighted by molar-refractivity contribution is -0.385. The van der Waals surface area contributed by atoms with Gasteiger partial charge in [-0.25, -0.2) is 4.39 Å². The molecule has 0 saturated carbocycles. The van der Waals surface area contributed by atoms with Crippen molar-refractivity contribution in [1.82, 2.24) is 10.2 Å². The molecule has 3 rings (SSSR count). The zero-order valence-electron chi connectivity index (χ0n) is 15.1. The van der Waals surface area contributed by atoms with Crippen LogP contribution in [0.25, 0.3) is 0 Å². The monoisotopic (exact) mass is 385 g/mol. The Bertz CT molecular complexity index is 895. The van der Waals surface area contributed by atoms with Gasteiger partial charge in [-0.05, 0) is 25.0 Å². The highest BCUT2D eigenvalue weighted by molar-refractivity contribution is 5.94. The smallest absolute Gasteiger partial charge is 0.273 e. The Morgan fingerprint density at radius 3 is 2.43 bits per heavy atom. The van der Waals surface area contributed by atoms with Crippen molar-refractivity contribution in [3.63, 3.8) is 0 Å². The highest BCUT2D eigenvalue weighted by Crippen LogP contribution is 2.19. The van der Waals surface area contributed by atoms with Crippen molar-refractivity contribution in [3.8, 4) is 0 Å². The predicted octanol–water partition coefficient (Wildman–Crippen LogP) is 2.70. The highest BCUT2D eigenvalue weighted by Gasteiger charge is 2.26. The van der Waals surface area contributed by atoms with Crippen molar-refractivity contribution in [3.05, 3.63) is 75.6 Å². The molecule has 28 heavy (non-hydrogen) atoms. The van der Waals surface area contributed by atoms with Gasteiger partial charge in [0.1, 0.15) is 5.82 Å². The van der Waals surface area contributed by atoms with Crippen molar-refractivity contribution in [2.45, 2.75) is 25.3 Å². The first-order chi connectivity index (χ1) is 13.5. The number of carbonyl (C=O) groups is 2. The lowest BCUT2D eigenvalue weighted by atomic mass is 10.0. The second kappa shape index (κ2) is 8.60. The average molecular weight is 385 g/mol. The zero-order chi connectivity index (χ0) is 20.1. The van der Waals surface area contributed by atoms with Crippen LogP contribution in [0.3, 0.4) is 0 Å². The number of nitrogens with zero attached hydrogens (tertiary/aromatic N) is 2. The number of nitro benzene ring substituents is 1. The van der Waals surface area contributed by atoms with Gasteiger partial charge in [-0.3, -0.25) is 19.7 Å². The third kappa shape index (κ3) is 4.51. The molecule has 2 aromatic carbocycles. The molecule has 8 heteroatoms. The summed E-state index contributed by atoms with van der Waals surface area (Å²) in [6, 6.07) is 11.9. The number of likely N-dealkylation sites (tertiary alicyclic amines) is 1. The summed E-state index contributed by atoms with van der Waals surface area (Å²) in [4.78, 5) is 36.8. The number of para-hydroxylation sites is 1. The standard InChI is InChI=1S/C20H20FN3O4/c21-17-7-3-2-6-16(17)20(26)23-11-9-15(10-12-23)22-19(25)13-14-5-1-4-8-18(14)24(27)28/h1-8,15H,9-13H2,(H,22,25). The summed E-state index contributed by atoms with van der Waals surface area (Å²) in [6.45, 7) is 0.813. The van der Waals surface area contributed by atoms with E-state index in [9.17, 15) is 24.1 Å². The topological polar surface area (TPSA) is 92.5 Å². The van der Waals surface area contributed by atoms with E-state index in [0.717, 1.165) is 0 Å². The molecule has 0 aromatic heterocycles. The second-order valence-electron chi connectivity index (χ2n) is 6.68. The van der Waals surface area contributed by atoms with Crippen molar-refractivity contribution in [2.24, 2.45) is 0 Å². The number of hydrogen-bond donors (Lipinski definition) is 1. The van der Waals surface area contributed by atoms with E-state index in [1.165, 1.54) is 24.3 Å². The molecule has 2 aromatic rings.